The van der Waals surface area contributed by atoms with E-state index in [0.717, 1.165) is 70.7 Å². The molecule has 0 saturated heterocycles. The minimum Gasteiger partial charge on any atom is -0.378 e. The van der Waals surface area contributed by atoms with Gasteiger partial charge in [0.05, 0.1) is 34.3 Å². The Morgan fingerprint density at radius 1 is 1.09 bits per heavy atom. The number of nitrogens with one attached hydrogen (secondary N) is 2. The number of aromatic nitrogens is 5. The Kier molecular flexibility index (Phi) is 4.52. The van der Waals surface area contributed by atoms with E-state index in [1.807, 2.05) is 49.6 Å². The Balaban J connectivity index is 1.33. The first-order valence-electron chi connectivity index (χ1n) is 11.7. The van der Waals surface area contributed by atoms with Crippen LogP contribution in [0.5, 0.6) is 0 Å². The molecule has 4 heterocycles. The maximum atomic E-state index is 6.68. The van der Waals surface area contributed by atoms with Crippen molar-refractivity contribution in [2.45, 2.75) is 57.0 Å². The molecule has 168 valence electrons. The molecule has 2 aliphatic rings. The van der Waals surface area contributed by atoms with Gasteiger partial charge in [0.15, 0.2) is 0 Å². The van der Waals surface area contributed by atoms with Gasteiger partial charge in [0, 0.05) is 28.5 Å². The monoisotopic (exact) mass is 439 g/mol. The summed E-state index contributed by atoms with van der Waals surface area (Å²) >= 11 is 0. The van der Waals surface area contributed by atoms with Gasteiger partial charge in [-0.1, -0.05) is 6.07 Å². The molecule has 0 radical (unpaired) electrons. The maximum Gasteiger partial charge on any atom is 0.120 e. The van der Waals surface area contributed by atoms with Crippen LogP contribution in [0.4, 0.5) is 5.69 Å². The molecule has 0 amide bonds. The van der Waals surface area contributed by atoms with Crippen molar-refractivity contribution in [3.8, 4) is 22.6 Å². The van der Waals surface area contributed by atoms with E-state index in [2.05, 4.69) is 38.5 Å². The lowest BCUT2D eigenvalue weighted by Gasteiger charge is -2.43. The number of rotatable bonds is 4. The molecule has 4 N–H and O–H groups in total. The summed E-state index contributed by atoms with van der Waals surface area (Å²) in [6, 6.07) is 12.1. The molecule has 33 heavy (non-hydrogen) atoms. The Morgan fingerprint density at radius 3 is 2.85 bits per heavy atom. The molecular formula is C26H29N7. The fourth-order valence-corrected chi connectivity index (χ4v) is 6.12. The summed E-state index contributed by atoms with van der Waals surface area (Å²) < 4.78 is 0. The molecule has 4 aromatic rings. The van der Waals surface area contributed by atoms with Gasteiger partial charge in [-0.2, -0.15) is 5.10 Å². The van der Waals surface area contributed by atoms with Crippen molar-refractivity contribution in [2.75, 3.05) is 5.32 Å². The van der Waals surface area contributed by atoms with Crippen LogP contribution in [-0.2, 0) is 0 Å². The van der Waals surface area contributed by atoms with Gasteiger partial charge in [0.1, 0.15) is 5.69 Å². The van der Waals surface area contributed by atoms with Crippen molar-refractivity contribution in [3.63, 3.8) is 0 Å². The van der Waals surface area contributed by atoms with Crippen molar-refractivity contribution in [1.82, 2.24) is 25.1 Å². The number of aromatic amines is 1. The highest BCUT2D eigenvalue weighted by Gasteiger charge is 2.48. The second kappa shape index (κ2) is 7.35. The van der Waals surface area contributed by atoms with Crippen LogP contribution < -0.4 is 11.1 Å². The molecule has 7 heteroatoms. The summed E-state index contributed by atoms with van der Waals surface area (Å²) in [5, 5.41) is 11.2. The van der Waals surface area contributed by atoms with Gasteiger partial charge in [0.25, 0.3) is 0 Å². The molecule has 2 saturated carbocycles. The summed E-state index contributed by atoms with van der Waals surface area (Å²) in [6.45, 7) is 4.28. The summed E-state index contributed by atoms with van der Waals surface area (Å²) in [7, 11) is 0. The van der Waals surface area contributed by atoms with Crippen LogP contribution in [0.3, 0.4) is 0 Å². The van der Waals surface area contributed by atoms with Gasteiger partial charge in [-0.3, -0.25) is 15.1 Å². The number of aryl methyl sites for hydroxylation is 1. The zero-order chi connectivity index (χ0) is 22.6. The van der Waals surface area contributed by atoms with Crippen molar-refractivity contribution in [2.24, 2.45) is 11.7 Å². The third-order valence-corrected chi connectivity index (χ3v) is 7.26. The fraction of sp³-hybridized carbons (Fsp3) is 0.385. The second-order valence-corrected chi connectivity index (χ2v) is 10.3. The van der Waals surface area contributed by atoms with Gasteiger partial charge in [-0.05, 0) is 82.2 Å². The van der Waals surface area contributed by atoms with Crippen LogP contribution in [0.1, 0.15) is 44.7 Å². The van der Waals surface area contributed by atoms with E-state index in [-0.39, 0.29) is 11.1 Å². The number of nitrogens with zero attached hydrogens (tertiary/aromatic N) is 4. The smallest absolute Gasteiger partial charge is 0.120 e. The lowest BCUT2D eigenvalue weighted by Crippen LogP contribution is -2.52. The van der Waals surface area contributed by atoms with Gasteiger partial charge in [-0.15, -0.1) is 0 Å². The molecule has 4 aromatic heterocycles. The molecule has 2 bridgehead atoms. The average molecular weight is 440 g/mol. The van der Waals surface area contributed by atoms with Gasteiger partial charge in [-0.25, -0.2) is 4.98 Å². The number of hydrogen-bond donors (Lipinski definition) is 3. The second-order valence-electron chi connectivity index (χ2n) is 10.3. The molecule has 2 aliphatic carbocycles. The van der Waals surface area contributed by atoms with Crippen LogP contribution in [-0.4, -0.2) is 36.2 Å². The van der Waals surface area contributed by atoms with Crippen molar-refractivity contribution < 1.29 is 0 Å². The number of H-pyrrole nitrogens is 1. The predicted octanol–water partition coefficient (Wildman–Crippen LogP) is 4.85. The first-order valence-corrected chi connectivity index (χ1v) is 11.7. The topological polar surface area (TPSA) is 105 Å². The van der Waals surface area contributed by atoms with E-state index in [0.29, 0.717) is 5.92 Å². The van der Waals surface area contributed by atoms with Gasteiger partial charge < -0.3 is 11.1 Å². The molecular weight excluding hydrogens is 410 g/mol. The zero-order valence-corrected chi connectivity index (χ0v) is 19.1. The summed E-state index contributed by atoms with van der Waals surface area (Å²) in [5.41, 5.74) is 13.7. The molecule has 0 unspecified atom stereocenters. The molecule has 0 aromatic carbocycles. The van der Waals surface area contributed by atoms with Crippen molar-refractivity contribution >= 4 is 16.7 Å². The maximum absolute atomic E-state index is 6.68. The van der Waals surface area contributed by atoms with E-state index >= 15 is 0 Å². The fourth-order valence-electron chi connectivity index (χ4n) is 6.12. The van der Waals surface area contributed by atoms with Crippen LogP contribution in [0.25, 0.3) is 33.7 Å². The Labute approximate surface area is 193 Å². The highest BCUT2D eigenvalue weighted by Crippen LogP contribution is 2.48. The SMILES string of the molecule is Cc1cccc(-c2n[nH]cc2-c2ccc3ncc(N[C@]4(C)C[C@H]5CC[C@](N)(C5)C4)cc3n2)n1. The van der Waals surface area contributed by atoms with Gasteiger partial charge >= 0.3 is 0 Å². The highest BCUT2D eigenvalue weighted by molar-refractivity contribution is 5.84. The quantitative estimate of drug-likeness (QED) is 0.420. The Bertz CT molecular complexity index is 1350. The minimum absolute atomic E-state index is 0.0182. The minimum atomic E-state index is -0.0259. The van der Waals surface area contributed by atoms with E-state index in [1.54, 1.807) is 0 Å². The summed E-state index contributed by atoms with van der Waals surface area (Å²) in [6.07, 6.45) is 9.48. The predicted molar refractivity (Wildman–Crippen MR) is 131 cm³/mol. The lowest BCUT2D eigenvalue weighted by atomic mass is 9.72. The number of pyridine rings is 3. The molecule has 6 rings (SSSR count). The Hall–Kier alpha value is -3.32. The molecule has 2 fully saturated rings. The molecule has 7 nitrogen and oxygen atoms in total. The van der Waals surface area contributed by atoms with E-state index in [9.17, 15) is 0 Å². The Morgan fingerprint density at radius 2 is 2.00 bits per heavy atom. The van der Waals surface area contributed by atoms with Crippen molar-refractivity contribution in [1.29, 1.82) is 0 Å². The van der Waals surface area contributed by atoms with E-state index in [4.69, 9.17) is 10.7 Å². The van der Waals surface area contributed by atoms with Crippen LogP contribution >= 0.6 is 0 Å². The van der Waals surface area contributed by atoms with E-state index in [1.165, 1.54) is 6.42 Å². The third kappa shape index (κ3) is 3.76. The van der Waals surface area contributed by atoms with E-state index < -0.39 is 0 Å². The average Bonchev–Trinajstić information content (AvgIpc) is 3.37. The van der Waals surface area contributed by atoms with Crippen molar-refractivity contribution in [3.05, 3.63) is 54.5 Å². The largest absolute Gasteiger partial charge is 0.378 e. The van der Waals surface area contributed by atoms with Crippen LogP contribution in [0, 0.1) is 12.8 Å². The molecule has 0 spiro atoms. The number of nitrogens with two attached hydrogens (primary N) is 1. The molecule has 0 aliphatic heterocycles. The standard InChI is InChI=1S/C26H29N7/c1-16-4-3-5-22(30-16)24-19(14-29-33-24)20-6-7-21-23(31-20)10-18(13-28-21)32-25(2)11-17-8-9-26(27,12-17)15-25/h3-7,10,13-14,17,32H,8-9,11-12,15,27H2,1-2H3,(H,29,33)/t17-,25-,26+/m1/s1. The van der Waals surface area contributed by atoms with Gasteiger partial charge in [0.2, 0.25) is 0 Å². The summed E-state index contributed by atoms with van der Waals surface area (Å²) in [4.78, 5) is 14.2. The normalized spacial score (nSPS) is 26.6. The van der Waals surface area contributed by atoms with Crippen LogP contribution in [0.2, 0.25) is 0 Å². The first-order chi connectivity index (χ1) is 15.9. The number of anilines is 1. The summed E-state index contributed by atoms with van der Waals surface area (Å²) in [5.74, 6) is 0.717. The third-order valence-electron chi connectivity index (χ3n) is 7.26. The van der Waals surface area contributed by atoms with Crippen LogP contribution in [0.15, 0.2) is 48.8 Å². The lowest BCUT2D eigenvalue weighted by molar-refractivity contribution is 0.223. The highest BCUT2D eigenvalue weighted by atomic mass is 15.1. The first kappa shape index (κ1) is 20.3. The number of hydrogen-bond acceptors (Lipinski definition) is 6. The zero-order valence-electron chi connectivity index (χ0n) is 19.1. The molecule has 3 atom stereocenters. The number of fused-ring (bicyclic) bond motifs is 3.